The number of carbonyl (C=O) groups is 4. The van der Waals surface area contributed by atoms with Gasteiger partial charge in [-0.2, -0.15) is 9.97 Å². The minimum absolute atomic E-state index is 0.0172. The molecule has 448 valence electrons. The maximum atomic E-state index is 17.3. The molecule has 0 spiro atoms. The lowest BCUT2D eigenvalue weighted by Gasteiger charge is -2.35. The molecule has 18 nitrogen and oxygen atoms in total. The van der Waals surface area contributed by atoms with Crippen molar-refractivity contribution in [3.05, 3.63) is 88.7 Å². The molecule has 3 aromatic heterocycles. The van der Waals surface area contributed by atoms with E-state index in [1.165, 1.54) is 18.2 Å². The highest BCUT2D eigenvalue weighted by Gasteiger charge is 2.50. The number of ether oxygens (including phenoxy) is 2. The Kier molecular flexibility index (Phi) is 17.3. The smallest absolute Gasteiger partial charge is 0.407 e. The molecule has 8 heterocycles. The Morgan fingerprint density at radius 2 is 1.75 bits per heavy atom. The topological polar surface area (TPSA) is 216 Å². The summed E-state index contributed by atoms with van der Waals surface area (Å²) in [5.74, 6) is 0.987. The number of nitrogens with zero attached hydrogens (tertiary/aromatic N) is 7. The minimum Gasteiger partial charge on any atom is -0.508 e. The van der Waals surface area contributed by atoms with Gasteiger partial charge < -0.3 is 45.6 Å². The zero-order chi connectivity index (χ0) is 59.7. The molecule has 5 aliphatic rings. The van der Waals surface area contributed by atoms with Gasteiger partial charge in [-0.15, -0.1) is 17.8 Å². The van der Waals surface area contributed by atoms with Crippen LogP contribution in [0.1, 0.15) is 121 Å². The number of halogens is 2. The summed E-state index contributed by atoms with van der Waals surface area (Å²) in [5.41, 5.74) is 4.06. The van der Waals surface area contributed by atoms with E-state index in [-0.39, 0.29) is 96.1 Å². The van der Waals surface area contributed by atoms with Crippen LogP contribution < -0.4 is 30.9 Å². The van der Waals surface area contributed by atoms with Gasteiger partial charge in [0.1, 0.15) is 59.9 Å². The van der Waals surface area contributed by atoms with Crippen LogP contribution in [0, 0.1) is 36.3 Å². The number of nitrogens with one attached hydrogen (secondary N) is 4. The van der Waals surface area contributed by atoms with Crippen LogP contribution in [0.25, 0.3) is 43.4 Å². The summed E-state index contributed by atoms with van der Waals surface area (Å²) in [6, 6.07) is 11.7. The number of aryl methyl sites for hydroxylation is 2. The largest absolute Gasteiger partial charge is 0.508 e. The Morgan fingerprint density at radius 3 is 2.48 bits per heavy atom. The van der Waals surface area contributed by atoms with Gasteiger partial charge in [0.15, 0.2) is 5.82 Å². The Bertz CT molecular complexity index is 3540. The first-order valence-corrected chi connectivity index (χ1v) is 30.8. The summed E-state index contributed by atoms with van der Waals surface area (Å²) in [5, 5.41) is 24.7. The van der Waals surface area contributed by atoms with Gasteiger partial charge >= 0.3 is 12.1 Å². The second-order valence-corrected chi connectivity index (χ2v) is 25.4. The third-order valence-corrected chi connectivity index (χ3v) is 18.9. The van der Waals surface area contributed by atoms with Gasteiger partial charge in [0.2, 0.25) is 17.7 Å². The molecule has 0 radical (unpaired) electrons. The quantitative estimate of drug-likeness (QED) is 0.0378. The number of phenols is 1. The first-order valence-electron chi connectivity index (χ1n) is 29.9. The maximum Gasteiger partial charge on any atom is 0.407 e. The van der Waals surface area contributed by atoms with Crippen LogP contribution in [0.3, 0.4) is 0 Å². The van der Waals surface area contributed by atoms with Gasteiger partial charge in [-0.3, -0.25) is 24.3 Å². The summed E-state index contributed by atoms with van der Waals surface area (Å²) in [6.45, 7) is 12.6. The number of aromatic hydroxyl groups is 1. The molecule has 7 atom stereocenters. The molecular weight excluding hydrogens is 1100 g/mol. The maximum absolute atomic E-state index is 17.3. The highest BCUT2D eigenvalue weighted by Crippen LogP contribution is 2.44. The number of unbranched alkanes of at least 4 members (excludes halogenated alkanes) is 1. The van der Waals surface area contributed by atoms with Crippen LogP contribution in [0.4, 0.5) is 19.4 Å². The first kappa shape index (κ1) is 59.2. The molecule has 3 aromatic carbocycles. The summed E-state index contributed by atoms with van der Waals surface area (Å²) in [6.07, 6.45) is 14.8. The number of hydrogen-bond donors (Lipinski definition) is 5. The molecule has 6 aromatic rings. The van der Waals surface area contributed by atoms with Crippen molar-refractivity contribution in [2.75, 3.05) is 50.8 Å². The third-order valence-electron chi connectivity index (χ3n) is 17.9. The van der Waals surface area contributed by atoms with Crippen molar-refractivity contribution in [2.45, 2.75) is 153 Å². The minimum atomic E-state index is -0.888. The zero-order valence-electron chi connectivity index (χ0n) is 48.9. The lowest BCUT2D eigenvalue weighted by atomic mass is 9.85. The molecule has 5 N–H and O–H groups in total. The molecular formula is C64H75F2N11O7S. The lowest BCUT2D eigenvalue weighted by Crippen LogP contribution is -2.57. The average molecular weight is 1180 g/mol. The number of piperazine rings is 1. The van der Waals surface area contributed by atoms with E-state index >= 15 is 8.78 Å². The van der Waals surface area contributed by atoms with Gasteiger partial charge in [0.05, 0.1) is 27.0 Å². The van der Waals surface area contributed by atoms with Crippen molar-refractivity contribution >= 4 is 62.6 Å². The summed E-state index contributed by atoms with van der Waals surface area (Å²) in [7, 11) is 0. The predicted octanol–water partition coefficient (Wildman–Crippen LogP) is 9.05. The molecule has 21 heteroatoms. The fourth-order valence-corrected chi connectivity index (χ4v) is 14.4. The van der Waals surface area contributed by atoms with Crippen molar-refractivity contribution in [3.63, 3.8) is 0 Å². The fraction of sp³-hybridized carbons (Fsp3) is 0.500. The first-order chi connectivity index (χ1) is 40.9. The molecule has 3 unspecified atom stereocenters. The molecule has 2 bridgehead atoms. The van der Waals surface area contributed by atoms with E-state index in [4.69, 9.17) is 25.9 Å². The van der Waals surface area contributed by atoms with Crippen LogP contribution in [0.5, 0.6) is 11.8 Å². The van der Waals surface area contributed by atoms with Crippen molar-refractivity contribution < 1.29 is 42.5 Å². The van der Waals surface area contributed by atoms with E-state index in [9.17, 15) is 24.3 Å². The second-order valence-electron chi connectivity index (χ2n) is 24.6. The number of hydrogen-bond acceptors (Lipinski definition) is 15. The molecule has 4 amide bonds. The van der Waals surface area contributed by atoms with Crippen LogP contribution in [-0.4, -0.2) is 140 Å². The van der Waals surface area contributed by atoms with Crippen LogP contribution in [-0.2, 0) is 25.5 Å². The predicted molar refractivity (Wildman–Crippen MR) is 322 cm³/mol. The van der Waals surface area contributed by atoms with Gasteiger partial charge in [-0.25, -0.2) is 18.6 Å². The van der Waals surface area contributed by atoms with Crippen LogP contribution >= 0.6 is 11.3 Å². The number of anilines is 1. The van der Waals surface area contributed by atoms with Gasteiger partial charge in [0, 0.05) is 62.5 Å². The van der Waals surface area contributed by atoms with Gasteiger partial charge in [-0.1, -0.05) is 63.9 Å². The molecule has 11 rings (SSSR count). The number of carbonyl (C=O) groups excluding carboxylic acids is 4. The molecule has 85 heavy (non-hydrogen) atoms. The number of pyridine rings is 1. The molecule has 5 aliphatic heterocycles. The normalized spacial score (nSPS) is 21.9. The lowest BCUT2D eigenvalue weighted by molar-refractivity contribution is -0.144. The monoisotopic (exact) mass is 1180 g/mol. The number of aromatic nitrogens is 4. The number of thiazole rings is 1. The summed E-state index contributed by atoms with van der Waals surface area (Å²) < 4.78 is 44.9. The number of amides is 4. The number of terminal acetylenes is 1. The molecule has 0 aliphatic carbocycles. The van der Waals surface area contributed by atoms with Gasteiger partial charge in [0.25, 0.3) is 0 Å². The third kappa shape index (κ3) is 12.3. The highest BCUT2D eigenvalue weighted by molar-refractivity contribution is 7.13. The number of alkyl carbamates (subject to hydrolysis) is 1. The van der Waals surface area contributed by atoms with Crippen molar-refractivity contribution in [1.82, 2.24) is 51.0 Å². The molecule has 5 saturated heterocycles. The molecule has 0 saturated carbocycles. The van der Waals surface area contributed by atoms with Crippen molar-refractivity contribution in [3.8, 4) is 45.8 Å². The van der Waals surface area contributed by atoms with Crippen molar-refractivity contribution in [2.24, 2.45) is 5.41 Å². The SMILES string of the molecule is C#C[C@H](NC(=O)[C@@H]1CCCN1C(=O)[C@@H](NC(=O)CCCCNC(=O)OC[C@H]1CCC2(COc3nc(N4CC5CCC(C4)N5)c4cnc(-c5cc(O)cc6ccc(F)c(CC)c56)c(F)c4n3)CCCN12)C(C)(C)C)c1ccc(-c2scnc2C)cc1. The van der Waals surface area contributed by atoms with E-state index < -0.39 is 41.3 Å². The van der Waals surface area contributed by atoms with Crippen LogP contribution in [0.15, 0.2) is 60.2 Å². The Balaban J connectivity index is 0.670. The van der Waals surface area contributed by atoms with E-state index in [1.807, 2.05) is 58.9 Å². The fourth-order valence-electron chi connectivity index (χ4n) is 13.5. The standard InChI is InChI=1S/C64H75F2N11O7S/c1-7-45-48(65)22-19-40-29-44(78)30-46(52(40)45)54-53(66)55-47(31-68-54)58(75-32-41-20-21-42(33-75)70-41)74-61(73-55)84-35-64-24-12-28-77(64)43(23-25-64)34-83-62(82)67-26-10-9-14-51(79)72-57(63(4,5)6)60(81)76-27-11-13-50(76)59(80)71-49(8-2)38-15-17-39(18-16-38)56-37(3)69-36-85-56/h2,15-19,22,29-31,36,41-43,49-50,57,70,78H,7,9-14,20-21,23-28,32-35H2,1,3-6H3,(H,67,82)(H,71,80)(H,72,79)/t41?,42?,43-,49+,50+,57-,64?/m1/s1. The zero-order valence-corrected chi connectivity index (χ0v) is 49.8. The average Bonchev–Trinajstić information content (AvgIpc) is 2.23. The van der Waals surface area contributed by atoms with E-state index in [0.717, 1.165) is 66.8 Å². The highest BCUT2D eigenvalue weighted by atomic mass is 32.1. The number of likely N-dealkylation sites (tertiary alicyclic amines) is 1. The van der Waals surface area contributed by atoms with Gasteiger partial charge in [-0.05, 0) is 135 Å². The van der Waals surface area contributed by atoms with Crippen LogP contribution in [0.2, 0.25) is 0 Å². The molecule has 5 fully saturated rings. The number of fused-ring (bicyclic) bond motifs is 5. The van der Waals surface area contributed by atoms with Crippen molar-refractivity contribution in [1.29, 1.82) is 0 Å². The Labute approximate surface area is 498 Å². The second kappa shape index (κ2) is 24.8. The number of benzene rings is 3. The van der Waals surface area contributed by atoms with E-state index in [2.05, 4.69) is 47.0 Å². The summed E-state index contributed by atoms with van der Waals surface area (Å²) in [4.78, 5) is 80.3. The van der Waals surface area contributed by atoms with E-state index in [1.54, 1.807) is 34.0 Å². The Morgan fingerprint density at radius 1 is 0.965 bits per heavy atom. The Hall–Kier alpha value is -7.54. The summed E-state index contributed by atoms with van der Waals surface area (Å²) >= 11 is 1.55. The number of phenolic OH excluding ortho intramolecular Hbond substituents is 1. The van der Waals surface area contributed by atoms with E-state index in [0.29, 0.717) is 79.3 Å². The number of rotatable bonds is 19.